The first-order valence-electron chi connectivity index (χ1n) is 14.8. The van der Waals surface area contributed by atoms with E-state index in [1.165, 1.54) is 7.11 Å². The molecule has 4 heterocycles. The van der Waals surface area contributed by atoms with Crippen LogP contribution < -0.4 is 20.5 Å². The van der Waals surface area contributed by atoms with Gasteiger partial charge in [-0.05, 0) is 37.5 Å². The number of piperidine rings is 1. The van der Waals surface area contributed by atoms with Crippen LogP contribution in [0.3, 0.4) is 0 Å². The maximum Gasteiger partial charge on any atom is 0.423 e. The van der Waals surface area contributed by atoms with Crippen molar-refractivity contribution in [2.24, 2.45) is 0 Å². The number of alkyl halides is 5. The predicted molar refractivity (Wildman–Crippen MR) is 157 cm³/mol. The zero-order valence-electron chi connectivity index (χ0n) is 25.2. The van der Waals surface area contributed by atoms with Crippen LogP contribution in [0, 0.1) is 0 Å². The number of likely N-dealkylation sites (tertiary alicyclic amines) is 1. The number of halogens is 5. The van der Waals surface area contributed by atoms with Crippen LogP contribution in [0.1, 0.15) is 49.3 Å². The molecule has 16 heteroatoms. The molecule has 2 aliphatic heterocycles. The molecule has 11 nitrogen and oxygen atoms in total. The molecule has 1 aromatic carbocycles. The van der Waals surface area contributed by atoms with Crippen LogP contribution in [-0.2, 0) is 22.3 Å². The van der Waals surface area contributed by atoms with Crippen molar-refractivity contribution in [1.29, 1.82) is 0 Å². The Labute approximate surface area is 261 Å². The van der Waals surface area contributed by atoms with Gasteiger partial charge in [0.15, 0.2) is 0 Å². The average molecular weight is 652 g/mol. The second-order valence-corrected chi connectivity index (χ2v) is 11.3. The van der Waals surface area contributed by atoms with Gasteiger partial charge in [0.25, 0.3) is 17.9 Å². The van der Waals surface area contributed by atoms with E-state index < -0.39 is 41.6 Å². The Morgan fingerprint density at radius 1 is 1.00 bits per heavy atom. The monoisotopic (exact) mass is 651 g/mol. The summed E-state index contributed by atoms with van der Waals surface area (Å²) < 4.78 is 79.3. The van der Waals surface area contributed by atoms with Crippen LogP contribution in [0.2, 0.25) is 0 Å². The Morgan fingerprint density at radius 3 is 2.28 bits per heavy atom. The van der Waals surface area contributed by atoms with E-state index in [0.717, 1.165) is 23.3 Å². The highest BCUT2D eigenvalue weighted by Crippen LogP contribution is 2.32. The van der Waals surface area contributed by atoms with E-state index in [-0.39, 0.29) is 30.7 Å². The largest absolute Gasteiger partial charge is 0.497 e. The SMILES string of the molecule is COc1ccc(Cn2ncc(NC(C)COC3CCN(C4CCN(c5ncc(C(F)F)cn5)CC4)C3=O)c(C(F)(F)F)c2=O)cc1. The molecule has 0 saturated carbocycles. The predicted octanol–water partition coefficient (Wildman–Crippen LogP) is 4.13. The van der Waals surface area contributed by atoms with Gasteiger partial charge >= 0.3 is 6.18 Å². The van der Waals surface area contributed by atoms with E-state index in [2.05, 4.69) is 20.4 Å². The van der Waals surface area contributed by atoms with Crippen LogP contribution >= 0.6 is 0 Å². The van der Waals surface area contributed by atoms with Gasteiger partial charge in [-0.1, -0.05) is 12.1 Å². The van der Waals surface area contributed by atoms with Gasteiger partial charge in [-0.2, -0.15) is 18.3 Å². The number of hydrogen-bond acceptors (Lipinski definition) is 9. The van der Waals surface area contributed by atoms with Gasteiger partial charge in [0.1, 0.15) is 17.4 Å². The van der Waals surface area contributed by atoms with Gasteiger partial charge < -0.3 is 24.6 Å². The molecule has 0 radical (unpaired) electrons. The molecule has 2 atom stereocenters. The van der Waals surface area contributed by atoms with Crippen molar-refractivity contribution in [1.82, 2.24) is 24.6 Å². The molecule has 5 rings (SSSR count). The van der Waals surface area contributed by atoms with E-state index in [4.69, 9.17) is 9.47 Å². The summed E-state index contributed by atoms with van der Waals surface area (Å²) in [5.41, 5.74) is -2.80. The third-order valence-corrected chi connectivity index (χ3v) is 8.06. The first kappa shape index (κ1) is 33.0. The summed E-state index contributed by atoms with van der Waals surface area (Å²) in [4.78, 5) is 37.7. The number of ether oxygens (including phenoxy) is 2. The van der Waals surface area contributed by atoms with Crippen molar-refractivity contribution < 1.29 is 36.2 Å². The minimum absolute atomic E-state index is 0.0435. The fourth-order valence-corrected chi connectivity index (χ4v) is 5.63. The molecule has 248 valence electrons. The van der Waals surface area contributed by atoms with Crippen LogP contribution in [-0.4, -0.2) is 82.1 Å². The highest BCUT2D eigenvalue weighted by atomic mass is 19.4. The van der Waals surface area contributed by atoms with Crippen LogP contribution in [0.25, 0.3) is 0 Å². The van der Waals surface area contributed by atoms with Gasteiger partial charge in [0.05, 0.1) is 37.7 Å². The summed E-state index contributed by atoms with van der Waals surface area (Å²) in [6.07, 6.45) is -3.44. The molecule has 3 aromatic rings. The number of nitrogens with zero attached hydrogens (tertiary/aromatic N) is 6. The molecule has 0 spiro atoms. The molecule has 2 saturated heterocycles. The number of carbonyl (C=O) groups is 1. The Hall–Kier alpha value is -4.34. The Balaban J connectivity index is 1.14. The highest BCUT2D eigenvalue weighted by Gasteiger charge is 2.40. The number of hydrogen-bond donors (Lipinski definition) is 1. The van der Waals surface area contributed by atoms with E-state index in [1.54, 1.807) is 36.1 Å². The van der Waals surface area contributed by atoms with Gasteiger partial charge in [0.2, 0.25) is 5.95 Å². The van der Waals surface area contributed by atoms with Gasteiger partial charge in [0, 0.05) is 50.5 Å². The lowest BCUT2D eigenvalue weighted by atomic mass is 10.0. The molecule has 2 aliphatic rings. The first-order chi connectivity index (χ1) is 21.9. The van der Waals surface area contributed by atoms with Crippen molar-refractivity contribution in [3.05, 3.63) is 69.9 Å². The summed E-state index contributed by atoms with van der Waals surface area (Å²) in [6.45, 7) is 2.91. The zero-order chi connectivity index (χ0) is 33.0. The van der Waals surface area contributed by atoms with Crippen LogP contribution in [0.4, 0.5) is 33.6 Å². The quantitative estimate of drug-likeness (QED) is 0.306. The second kappa shape index (κ2) is 14.0. The molecule has 1 amide bonds. The second-order valence-electron chi connectivity index (χ2n) is 11.3. The van der Waals surface area contributed by atoms with E-state index in [1.807, 2.05) is 4.90 Å². The van der Waals surface area contributed by atoms with Gasteiger partial charge in [-0.25, -0.2) is 23.4 Å². The maximum atomic E-state index is 14.0. The third kappa shape index (κ3) is 7.54. The van der Waals surface area contributed by atoms with Crippen molar-refractivity contribution in [3.63, 3.8) is 0 Å². The van der Waals surface area contributed by atoms with Crippen molar-refractivity contribution in [2.75, 3.05) is 43.6 Å². The summed E-state index contributed by atoms with van der Waals surface area (Å²) >= 11 is 0. The first-order valence-corrected chi connectivity index (χ1v) is 14.8. The molecular weight excluding hydrogens is 617 g/mol. The standard InChI is InChI=1S/C30H34F5N7O4/c1-18(39-23-15-38-42(28(44)25(23)30(33,34)35)16-19-3-5-22(45-2)6-4-19)17-46-24-9-12-41(27(24)43)21-7-10-40(11-8-21)29-36-13-20(14-37-29)26(31)32/h3-6,13-15,18,21,24,26,39H,7-12,16-17H2,1-2H3. The number of benzene rings is 1. The molecule has 2 fully saturated rings. The zero-order valence-corrected chi connectivity index (χ0v) is 25.2. The minimum Gasteiger partial charge on any atom is -0.497 e. The van der Waals surface area contributed by atoms with Crippen molar-refractivity contribution >= 4 is 17.5 Å². The summed E-state index contributed by atoms with van der Waals surface area (Å²) in [6, 6.07) is 5.82. The van der Waals surface area contributed by atoms with Crippen LogP contribution in [0.15, 0.2) is 47.7 Å². The highest BCUT2D eigenvalue weighted by molar-refractivity contribution is 5.83. The molecule has 0 aliphatic carbocycles. The Morgan fingerprint density at radius 2 is 1.67 bits per heavy atom. The van der Waals surface area contributed by atoms with E-state index in [0.29, 0.717) is 56.2 Å². The summed E-state index contributed by atoms with van der Waals surface area (Å²) in [5.74, 6) is 0.733. The fraction of sp³-hybridized carbons (Fsp3) is 0.500. The van der Waals surface area contributed by atoms with E-state index in [9.17, 15) is 31.5 Å². The molecule has 2 unspecified atom stereocenters. The van der Waals surface area contributed by atoms with Gasteiger partial charge in [-0.3, -0.25) is 9.59 Å². The molecule has 2 aromatic heterocycles. The maximum absolute atomic E-state index is 14.0. The number of carbonyl (C=O) groups excluding carboxylic acids is 1. The third-order valence-electron chi connectivity index (χ3n) is 8.06. The lowest BCUT2D eigenvalue weighted by Gasteiger charge is -2.36. The van der Waals surface area contributed by atoms with Gasteiger partial charge in [-0.15, -0.1) is 0 Å². The number of anilines is 2. The van der Waals surface area contributed by atoms with E-state index >= 15 is 0 Å². The molecule has 46 heavy (non-hydrogen) atoms. The summed E-state index contributed by atoms with van der Waals surface area (Å²) in [5, 5.41) is 6.64. The smallest absolute Gasteiger partial charge is 0.423 e. The molecule has 1 N–H and O–H groups in total. The number of methoxy groups -OCH3 is 1. The Bertz CT molecular complexity index is 1550. The average Bonchev–Trinajstić information content (AvgIpc) is 3.41. The number of amides is 1. The van der Waals surface area contributed by atoms with Crippen molar-refractivity contribution in [3.8, 4) is 5.75 Å². The normalized spacial score (nSPS) is 18.3. The molecular formula is C30H34F5N7O4. The van der Waals surface area contributed by atoms with Crippen LogP contribution in [0.5, 0.6) is 5.75 Å². The number of nitrogens with one attached hydrogen (secondary N) is 1. The lowest BCUT2D eigenvalue weighted by molar-refractivity contribution is -0.139. The Kier molecular flexibility index (Phi) is 10.0. The fourth-order valence-electron chi connectivity index (χ4n) is 5.63. The van der Waals surface area contributed by atoms with Crippen molar-refractivity contribution in [2.45, 2.75) is 63.5 Å². The molecule has 0 bridgehead atoms. The number of aromatic nitrogens is 4. The lowest BCUT2D eigenvalue weighted by Crippen LogP contribution is -2.47. The topological polar surface area (TPSA) is 115 Å². The minimum atomic E-state index is -4.94. The summed E-state index contributed by atoms with van der Waals surface area (Å²) in [7, 11) is 1.49. The number of rotatable bonds is 11.